The van der Waals surface area contributed by atoms with Crippen molar-refractivity contribution in [3.8, 4) is 11.5 Å². The first-order valence-corrected chi connectivity index (χ1v) is 9.52. The summed E-state index contributed by atoms with van der Waals surface area (Å²) in [7, 11) is 3.23. The second kappa shape index (κ2) is 9.88. The lowest BCUT2D eigenvalue weighted by Crippen LogP contribution is -2.30. The Labute approximate surface area is 174 Å². The minimum Gasteiger partial charge on any atom is -0.493 e. The summed E-state index contributed by atoms with van der Waals surface area (Å²) in [6.45, 7) is 1.22. The van der Waals surface area contributed by atoms with Gasteiger partial charge in [0.05, 0.1) is 20.8 Å². The van der Waals surface area contributed by atoms with Crippen LogP contribution in [0.5, 0.6) is 11.5 Å². The Morgan fingerprint density at radius 1 is 1.03 bits per heavy atom. The lowest BCUT2D eigenvalue weighted by molar-refractivity contribution is 0.354. The number of aromatic nitrogens is 2. The Balaban J connectivity index is 1.46. The van der Waals surface area contributed by atoms with Crippen LogP contribution in [-0.2, 0) is 13.0 Å². The molecule has 0 amide bonds. The van der Waals surface area contributed by atoms with Crippen molar-refractivity contribution in [2.24, 2.45) is 0 Å². The maximum Gasteiger partial charge on any atom is 0.172 e. The molecular formula is C21H23FN4O2S. The third kappa shape index (κ3) is 5.92. The van der Waals surface area contributed by atoms with Gasteiger partial charge in [0, 0.05) is 18.8 Å². The van der Waals surface area contributed by atoms with Gasteiger partial charge in [-0.05, 0) is 54.0 Å². The SMILES string of the molecule is COc1ccc(CCNC(=S)Nc2ccn(Cc3ccc(F)cc3)n2)cc1OC. The molecule has 0 fully saturated rings. The minimum absolute atomic E-state index is 0.249. The summed E-state index contributed by atoms with van der Waals surface area (Å²) in [5, 5.41) is 11.2. The Hall–Kier alpha value is -3.13. The summed E-state index contributed by atoms with van der Waals surface area (Å²) in [6, 6.07) is 14.0. The third-order valence-electron chi connectivity index (χ3n) is 4.29. The standard InChI is InChI=1S/C21H23FN4O2S/c1-27-18-8-5-15(13-19(18)28-2)9-11-23-21(29)24-20-10-12-26(25-20)14-16-3-6-17(22)7-4-16/h3-8,10,12-13H,9,11,14H2,1-2H3,(H2,23,24,25,29). The zero-order chi connectivity index (χ0) is 20.6. The molecule has 0 saturated carbocycles. The molecule has 3 aromatic rings. The van der Waals surface area contributed by atoms with E-state index in [2.05, 4.69) is 15.7 Å². The fraction of sp³-hybridized carbons (Fsp3) is 0.238. The first-order chi connectivity index (χ1) is 14.1. The van der Waals surface area contributed by atoms with E-state index in [-0.39, 0.29) is 5.82 Å². The molecule has 0 aliphatic carbocycles. The van der Waals surface area contributed by atoms with Gasteiger partial charge in [-0.25, -0.2) is 4.39 Å². The van der Waals surface area contributed by atoms with E-state index in [1.165, 1.54) is 12.1 Å². The van der Waals surface area contributed by atoms with E-state index in [9.17, 15) is 4.39 Å². The van der Waals surface area contributed by atoms with Crippen LogP contribution in [-0.4, -0.2) is 35.7 Å². The van der Waals surface area contributed by atoms with Crippen LogP contribution >= 0.6 is 12.2 Å². The molecule has 0 atom stereocenters. The molecule has 0 radical (unpaired) electrons. The Kier molecular flexibility index (Phi) is 7.02. The van der Waals surface area contributed by atoms with Crippen molar-refractivity contribution in [1.82, 2.24) is 15.1 Å². The molecule has 29 heavy (non-hydrogen) atoms. The van der Waals surface area contributed by atoms with E-state index in [1.807, 2.05) is 30.5 Å². The molecule has 0 saturated heterocycles. The highest BCUT2D eigenvalue weighted by atomic mass is 32.1. The molecule has 1 aromatic heterocycles. The third-order valence-corrected chi connectivity index (χ3v) is 4.53. The van der Waals surface area contributed by atoms with Crippen molar-refractivity contribution >= 4 is 23.1 Å². The number of hydrogen-bond donors (Lipinski definition) is 2. The quantitative estimate of drug-likeness (QED) is 0.549. The summed E-state index contributed by atoms with van der Waals surface area (Å²) in [6.07, 6.45) is 2.62. The normalized spacial score (nSPS) is 10.4. The highest BCUT2D eigenvalue weighted by Crippen LogP contribution is 2.27. The van der Waals surface area contributed by atoms with E-state index in [0.717, 1.165) is 17.5 Å². The molecule has 3 rings (SSSR count). The average molecular weight is 415 g/mol. The van der Waals surface area contributed by atoms with Gasteiger partial charge in [-0.3, -0.25) is 4.68 Å². The number of anilines is 1. The van der Waals surface area contributed by atoms with Crippen molar-refractivity contribution in [2.75, 3.05) is 26.1 Å². The molecule has 0 bridgehead atoms. The number of thiocarbonyl (C=S) groups is 1. The van der Waals surface area contributed by atoms with Gasteiger partial charge in [-0.15, -0.1) is 0 Å². The highest BCUT2D eigenvalue weighted by molar-refractivity contribution is 7.80. The van der Waals surface area contributed by atoms with Gasteiger partial charge in [-0.2, -0.15) is 5.10 Å². The summed E-state index contributed by atoms with van der Waals surface area (Å²) in [4.78, 5) is 0. The largest absolute Gasteiger partial charge is 0.493 e. The van der Waals surface area contributed by atoms with Crippen molar-refractivity contribution < 1.29 is 13.9 Å². The maximum atomic E-state index is 13.0. The van der Waals surface area contributed by atoms with E-state index in [1.54, 1.807) is 31.0 Å². The van der Waals surface area contributed by atoms with E-state index >= 15 is 0 Å². The molecule has 0 aliphatic heterocycles. The molecule has 0 spiro atoms. The van der Waals surface area contributed by atoms with Gasteiger partial charge in [0.15, 0.2) is 22.4 Å². The number of benzene rings is 2. The molecule has 2 N–H and O–H groups in total. The van der Waals surface area contributed by atoms with E-state index in [4.69, 9.17) is 21.7 Å². The number of ether oxygens (including phenoxy) is 2. The second-order valence-electron chi connectivity index (χ2n) is 6.35. The van der Waals surface area contributed by atoms with Gasteiger partial charge in [0.2, 0.25) is 0 Å². The van der Waals surface area contributed by atoms with Crippen LogP contribution in [0.4, 0.5) is 10.2 Å². The predicted octanol–water partition coefficient (Wildman–Crippen LogP) is 3.62. The van der Waals surface area contributed by atoms with E-state index in [0.29, 0.717) is 35.5 Å². The summed E-state index contributed by atoms with van der Waals surface area (Å²) in [5.74, 6) is 1.81. The minimum atomic E-state index is -0.249. The first kappa shape index (κ1) is 20.6. The number of halogens is 1. The fourth-order valence-corrected chi connectivity index (χ4v) is 3.02. The van der Waals surface area contributed by atoms with E-state index < -0.39 is 0 Å². The lowest BCUT2D eigenvalue weighted by atomic mass is 10.1. The van der Waals surface area contributed by atoms with Crippen LogP contribution in [0.15, 0.2) is 54.7 Å². The first-order valence-electron chi connectivity index (χ1n) is 9.11. The summed E-state index contributed by atoms with van der Waals surface area (Å²) >= 11 is 5.34. The van der Waals surface area contributed by atoms with Gasteiger partial charge < -0.3 is 20.1 Å². The second-order valence-corrected chi connectivity index (χ2v) is 6.75. The van der Waals surface area contributed by atoms with Crippen LogP contribution in [0.3, 0.4) is 0 Å². The van der Waals surface area contributed by atoms with Crippen molar-refractivity contribution in [3.05, 3.63) is 71.7 Å². The van der Waals surface area contributed by atoms with Crippen LogP contribution in [0.1, 0.15) is 11.1 Å². The fourth-order valence-electron chi connectivity index (χ4n) is 2.81. The van der Waals surface area contributed by atoms with Gasteiger partial charge in [0.25, 0.3) is 0 Å². The van der Waals surface area contributed by atoms with Crippen LogP contribution in [0.25, 0.3) is 0 Å². The number of nitrogens with one attached hydrogen (secondary N) is 2. The van der Waals surface area contributed by atoms with Crippen LogP contribution < -0.4 is 20.1 Å². The molecule has 0 aliphatic rings. The zero-order valence-electron chi connectivity index (χ0n) is 16.3. The number of methoxy groups -OCH3 is 2. The maximum absolute atomic E-state index is 13.0. The summed E-state index contributed by atoms with van der Waals surface area (Å²) in [5.41, 5.74) is 2.08. The molecular weight excluding hydrogens is 391 g/mol. The molecule has 6 nitrogen and oxygen atoms in total. The van der Waals surface area contributed by atoms with Crippen molar-refractivity contribution in [1.29, 1.82) is 0 Å². The molecule has 0 unspecified atom stereocenters. The Morgan fingerprint density at radius 2 is 1.76 bits per heavy atom. The number of nitrogens with zero attached hydrogens (tertiary/aromatic N) is 2. The highest BCUT2D eigenvalue weighted by Gasteiger charge is 2.06. The van der Waals surface area contributed by atoms with Crippen molar-refractivity contribution in [2.45, 2.75) is 13.0 Å². The van der Waals surface area contributed by atoms with Gasteiger partial charge >= 0.3 is 0 Å². The molecule has 152 valence electrons. The van der Waals surface area contributed by atoms with Crippen molar-refractivity contribution in [3.63, 3.8) is 0 Å². The topological polar surface area (TPSA) is 60.3 Å². The van der Waals surface area contributed by atoms with Gasteiger partial charge in [-0.1, -0.05) is 18.2 Å². The predicted molar refractivity (Wildman–Crippen MR) is 115 cm³/mol. The molecule has 8 heteroatoms. The smallest absolute Gasteiger partial charge is 0.172 e. The Bertz CT molecular complexity index is 960. The number of rotatable bonds is 8. The number of hydrogen-bond acceptors (Lipinski definition) is 4. The lowest BCUT2D eigenvalue weighted by Gasteiger charge is -2.11. The molecule has 1 heterocycles. The van der Waals surface area contributed by atoms with Crippen LogP contribution in [0.2, 0.25) is 0 Å². The summed E-state index contributed by atoms with van der Waals surface area (Å²) < 4.78 is 25.3. The van der Waals surface area contributed by atoms with Gasteiger partial charge in [0.1, 0.15) is 5.82 Å². The average Bonchev–Trinajstić information content (AvgIpc) is 3.16. The van der Waals surface area contributed by atoms with Crippen LogP contribution in [0, 0.1) is 5.82 Å². The zero-order valence-corrected chi connectivity index (χ0v) is 17.1. The molecule has 2 aromatic carbocycles. The Morgan fingerprint density at radius 3 is 2.48 bits per heavy atom. The monoisotopic (exact) mass is 414 g/mol.